The third-order valence-electron chi connectivity index (χ3n) is 8.38. The molecule has 2 aromatic rings. The Morgan fingerprint density at radius 2 is 0.778 bits per heavy atom. The predicted molar refractivity (Wildman–Crippen MR) is 136 cm³/mol. The van der Waals surface area contributed by atoms with Gasteiger partial charge in [0.1, 0.15) is 0 Å². The van der Waals surface area contributed by atoms with Gasteiger partial charge in [-0.05, 0) is 60.1 Å². The number of nitrogens with zero attached hydrogens (tertiary/aromatic N) is 2. The molecule has 36 heavy (non-hydrogen) atoms. The first-order chi connectivity index (χ1) is 17.4. The van der Waals surface area contributed by atoms with Crippen molar-refractivity contribution in [1.29, 1.82) is 0 Å². The molecule has 0 spiro atoms. The number of piperidine rings is 2. The maximum Gasteiger partial charge on any atom is 0.241 e. The molecular weight excluding hydrogens is 452 g/mol. The summed E-state index contributed by atoms with van der Waals surface area (Å²) >= 11 is 0. The van der Waals surface area contributed by atoms with Crippen LogP contribution in [0.2, 0.25) is 0 Å². The summed E-state index contributed by atoms with van der Waals surface area (Å²) in [6.07, 6.45) is 8.92. The van der Waals surface area contributed by atoms with Gasteiger partial charge in [-0.2, -0.15) is 0 Å². The molecule has 0 bridgehead atoms. The number of rotatable bonds is 4. The van der Waals surface area contributed by atoms with Gasteiger partial charge in [0.05, 0.1) is 35.0 Å². The summed E-state index contributed by atoms with van der Waals surface area (Å²) in [5.74, 6) is -4.16. The lowest BCUT2D eigenvalue weighted by molar-refractivity contribution is -0.148. The summed E-state index contributed by atoms with van der Waals surface area (Å²) in [5.41, 5.74) is 3.37. The minimum Gasteiger partial charge on any atom is -0.273 e. The summed E-state index contributed by atoms with van der Waals surface area (Å²) < 4.78 is 0. The average molecular weight is 481 g/mol. The van der Waals surface area contributed by atoms with Gasteiger partial charge in [0.2, 0.25) is 23.6 Å². The van der Waals surface area contributed by atoms with Crippen molar-refractivity contribution in [2.75, 3.05) is 9.80 Å². The molecule has 2 fully saturated rings. The lowest BCUT2D eigenvalue weighted by Gasteiger charge is -2.53. The normalized spacial score (nSPS) is 30.6. The van der Waals surface area contributed by atoms with E-state index < -0.39 is 35.5 Å². The summed E-state index contributed by atoms with van der Waals surface area (Å²) in [4.78, 5) is 57.1. The lowest BCUT2D eigenvalue weighted by Crippen LogP contribution is -2.64. The van der Waals surface area contributed by atoms with E-state index in [0.29, 0.717) is 11.4 Å². The van der Waals surface area contributed by atoms with E-state index in [1.807, 2.05) is 48.5 Å². The number of benzene rings is 2. The largest absolute Gasteiger partial charge is 0.273 e. The first-order valence-electron chi connectivity index (χ1n) is 12.7. The van der Waals surface area contributed by atoms with Crippen molar-refractivity contribution in [3.8, 4) is 0 Å². The molecule has 0 radical (unpaired) electrons. The fourth-order valence-corrected chi connectivity index (χ4v) is 6.47. The Kier molecular flexibility index (Phi) is 5.29. The van der Waals surface area contributed by atoms with Crippen LogP contribution in [0.5, 0.6) is 0 Å². The zero-order valence-electron chi connectivity index (χ0n) is 20.3. The third kappa shape index (κ3) is 3.16. The minimum atomic E-state index is -0.553. The Bertz CT molecular complexity index is 1170. The first-order valence-corrected chi connectivity index (χ1v) is 12.7. The van der Waals surface area contributed by atoms with Crippen LogP contribution in [-0.2, 0) is 32.0 Å². The SMILES string of the molecule is CCc1ccc(N2C(=O)[C@H]3C=C[C@H]4C(=O)N(c5ccc(CC)cc5)C(=O)[C@H]5C=C[C@@H](C2=O)C3C54)cc1. The van der Waals surface area contributed by atoms with Gasteiger partial charge in [0, 0.05) is 0 Å². The van der Waals surface area contributed by atoms with E-state index in [0.717, 1.165) is 24.0 Å². The molecule has 2 aromatic carbocycles. The monoisotopic (exact) mass is 480 g/mol. The van der Waals surface area contributed by atoms with Crippen LogP contribution >= 0.6 is 0 Å². The highest BCUT2D eigenvalue weighted by Gasteiger charge is 2.60. The van der Waals surface area contributed by atoms with Crippen molar-refractivity contribution in [3.63, 3.8) is 0 Å². The number of imide groups is 2. The second-order valence-corrected chi connectivity index (χ2v) is 10.1. The number of hydrogen-bond acceptors (Lipinski definition) is 4. The van der Waals surface area contributed by atoms with Crippen LogP contribution in [0.25, 0.3) is 0 Å². The van der Waals surface area contributed by atoms with Crippen LogP contribution in [0, 0.1) is 35.5 Å². The molecule has 2 saturated heterocycles. The topological polar surface area (TPSA) is 74.8 Å². The zero-order chi connectivity index (χ0) is 25.1. The van der Waals surface area contributed by atoms with Crippen molar-refractivity contribution in [3.05, 3.63) is 84.0 Å². The first kappa shape index (κ1) is 22.7. The van der Waals surface area contributed by atoms with E-state index in [-0.39, 0.29) is 23.6 Å². The molecule has 6 heteroatoms. The molecule has 0 saturated carbocycles. The highest BCUT2D eigenvalue weighted by Crippen LogP contribution is 2.53. The molecule has 2 heterocycles. The molecule has 182 valence electrons. The number of anilines is 2. The van der Waals surface area contributed by atoms with Gasteiger partial charge in [-0.1, -0.05) is 62.4 Å². The number of carbonyl (C=O) groups excluding carboxylic acids is 4. The van der Waals surface area contributed by atoms with Gasteiger partial charge in [0.25, 0.3) is 0 Å². The smallest absolute Gasteiger partial charge is 0.241 e. The van der Waals surface area contributed by atoms with Crippen molar-refractivity contribution in [2.45, 2.75) is 26.7 Å². The second-order valence-electron chi connectivity index (χ2n) is 10.1. The number of carbonyl (C=O) groups is 4. The van der Waals surface area contributed by atoms with Crippen LogP contribution < -0.4 is 9.80 Å². The van der Waals surface area contributed by atoms with Crippen molar-refractivity contribution in [1.82, 2.24) is 0 Å². The molecule has 6 atom stereocenters. The fourth-order valence-electron chi connectivity index (χ4n) is 6.47. The fraction of sp³-hybridized carbons (Fsp3) is 0.333. The number of aryl methyl sites for hydroxylation is 2. The molecular formula is C30H28N2O4. The van der Waals surface area contributed by atoms with Crippen LogP contribution in [0.4, 0.5) is 11.4 Å². The average Bonchev–Trinajstić information content (AvgIpc) is 2.91. The van der Waals surface area contributed by atoms with Gasteiger partial charge in [-0.15, -0.1) is 0 Å². The molecule has 0 N–H and O–H groups in total. The summed E-state index contributed by atoms with van der Waals surface area (Å²) in [5, 5.41) is 0. The van der Waals surface area contributed by atoms with Crippen molar-refractivity contribution >= 4 is 35.0 Å². The maximum atomic E-state index is 13.6. The molecule has 2 aliphatic heterocycles. The Labute approximate surface area is 210 Å². The Morgan fingerprint density at radius 1 is 0.500 bits per heavy atom. The van der Waals surface area contributed by atoms with Crippen molar-refractivity contribution < 1.29 is 19.2 Å². The molecule has 0 aromatic heterocycles. The van der Waals surface area contributed by atoms with E-state index in [2.05, 4.69) is 13.8 Å². The molecule has 2 aliphatic carbocycles. The van der Waals surface area contributed by atoms with Gasteiger partial charge in [-0.3, -0.25) is 19.2 Å². The van der Waals surface area contributed by atoms with Gasteiger partial charge < -0.3 is 0 Å². The number of hydrogen-bond donors (Lipinski definition) is 0. The van der Waals surface area contributed by atoms with Crippen LogP contribution in [-0.4, -0.2) is 23.6 Å². The maximum absolute atomic E-state index is 13.6. The van der Waals surface area contributed by atoms with E-state index in [4.69, 9.17) is 0 Å². The summed E-state index contributed by atoms with van der Waals surface area (Å²) in [7, 11) is 0. The van der Waals surface area contributed by atoms with Crippen molar-refractivity contribution in [2.24, 2.45) is 35.5 Å². The second kappa shape index (κ2) is 8.40. The number of amides is 4. The molecule has 4 aliphatic rings. The van der Waals surface area contributed by atoms with E-state index >= 15 is 0 Å². The van der Waals surface area contributed by atoms with E-state index in [1.165, 1.54) is 9.80 Å². The Morgan fingerprint density at radius 3 is 1.03 bits per heavy atom. The summed E-state index contributed by atoms with van der Waals surface area (Å²) in [6, 6.07) is 15.0. The zero-order valence-corrected chi connectivity index (χ0v) is 20.3. The van der Waals surface area contributed by atoms with Crippen LogP contribution in [0.1, 0.15) is 25.0 Å². The Balaban J connectivity index is 1.39. The molecule has 2 unspecified atom stereocenters. The standard InChI is InChI=1S/C30H28N2O4/c1-3-17-5-9-19(10-6-17)31-27(33)21-13-15-23-26-24(16-14-22(25(21)26)28(31)34)30(36)32(29(23)35)20-11-7-18(4-2)8-12-20/h5-16,21-26H,3-4H2,1-2H3/t21-,22+,23+,24-,25?,26?. The van der Waals surface area contributed by atoms with E-state index in [9.17, 15) is 19.2 Å². The van der Waals surface area contributed by atoms with Gasteiger partial charge in [0.15, 0.2) is 0 Å². The molecule has 6 rings (SSSR count). The third-order valence-corrected chi connectivity index (χ3v) is 8.38. The highest BCUT2D eigenvalue weighted by atomic mass is 16.2. The quantitative estimate of drug-likeness (QED) is 0.488. The molecule has 4 amide bonds. The summed E-state index contributed by atoms with van der Waals surface area (Å²) in [6.45, 7) is 4.11. The van der Waals surface area contributed by atoms with Gasteiger partial charge >= 0.3 is 0 Å². The predicted octanol–water partition coefficient (Wildman–Crippen LogP) is 4.09. The minimum absolute atomic E-state index is 0.285. The van der Waals surface area contributed by atoms with Gasteiger partial charge in [-0.25, -0.2) is 9.80 Å². The Hall–Kier alpha value is -3.80. The highest BCUT2D eigenvalue weighted by molar-refractivity contribution is 6.22. The van der Waals surface area contributed by atoms with E-state index in [1.54, 1.807) is 24.3 Å². The van der Waals surface area contributed by atoms with Crippen LogP contribution in [0.3, 0.4) is 0 Å². The van der Waals surface area contributed by atoms with Crippen LogP contribution in [0.15, 0.2) is 72.8 Å². The lowest BCUT2D eigenvalue weighted by atomic mass is 9.55. The molecule has 6 nitrogen and oxygen atoms in total.